The summed E-state index contributed by atoms with van der Waals surface area (Å²) in [5, 5.41) is 4.56. The highest BCUT2D eigenvalue weighted by Crippen LogP contribution is 2.50. The summed E-state index contributed by atoms with van der Waals surface area (Å²) in [6.45, 7) is 0. The highest BCUT2D eigenvalue weighted by molar-refractivity contribution is 5.85. The number of ether oxygens (including phenoxy) is 2. The zero-order valence-electron chi connectivity index (χ0n) is 20.3. The lowest BCUT2D eigenvalue weighted by Gasteiger charge is -2.32. The van der Waals surface area contributed by atoms with Gasteiger partial charge in [0.15, 0.2) is 11.5 Å². The van der Waals surface area contributed by atoms with Gasteiger partial charge in [-0.05, 0) is 54.1 Å². The number of anilines is 3. The minimum atomic E-state index is 0.690. The van der Waals surface area contributed by atoms with E-state index in [0.717, 1.165) is 45.5 Å². The predicted molar refractivity (Wildman–Crippen MR) is 148 cm³/mol. The SMILES string of the molecule is c1ccc(-c2cnn(-c3cccc(Oc4ccc5c(c4)N(c4ccccn4)c4ccccc4O5)c3)c2)cc1. The molecule has 0 N–H and O–H groups in total. The van der Waals surface area contributed by atoms with Crippen molar-refractivity contribution in [3.05, 3.63) is 134 Å². The minimum Gasteiger partial charge on any atom is -0.457 e. The van der Waals surface area contributed by atoms with Crippen LogP contribution >= 0.6 is 0 Å². The Morgan fingerprint density at radius 3 is 2.34 bits per heavy atom. The molecule has 0 atom stereocenters. The molecule has 0 aliphatic carbocycles. The molecule has 182 valence electrons. The maximum Gasteiger partial charge on any atom is 0.151 e. The molecule has 38 heavy (non-hydrogen) atoms. The number of hydrogen-bond acceptors (Lipinski definition) is 5. The number of benzene rings is 4. The molecule has 6 aromatic rings. The van der Waals surface area contributed by atoms with E-state index in [-0.39, 0.29) is 0 Å². The van der Waals surface area contributed by atoms with Crippen molar-refractivity contribution in [1.29, 1.82) is 0 Å². The maximum absolute atomic E-state index is 6.33. The first-order valence-electron chi connectivity index (χ1n) is 12.3. The van der Waals surface area contributed by atoms with E-state index in [9.17, 15) is 0 Å². The van der Waals surface area contributed by atoms with Crippen LogP contribution in [0.5, 0.6) is 23.0 Å². The van der Waals surface area contributed by atoms with E-state index in [4.69, 9.17) is 9.47 Å². The van der Waals surface area contributed by atoms with Crippen molar-refractivity contribution in [2.24, 2.45) is 0 Å². The first-order chi connectivity index (χ1) is 18.8. The summed E-state index contributed by atoms with van der Waals surface area (Å²) in [6, 6.07) is 37.7. The fourth-order valence-corrected chi connectivity index (χ4v) is 4.60. The van der Waals surface area contributed by atoms with E-state index in [1.54, 1.807) is 6.20 Å². The van der Waals surface area contributed by atoms with Crippen LogP contribution in [-0.2, 0) is 0 Å². The van der Waals surface area contributed by atoms with Gasteiger partial charge < -0.3 is 9.47 Å². The van der Waals surface area contributed by atoms with Crippen LogP contribution in [0.3, 0.4) is 0 Å². The van der Waals surface area contributed by atoms with Crippen LogP contribution in [0.15, 0.2) is 134 Å². The lowest BCUT2D eigenvalue weighted by atomic mass is 10.1. The van der Waals surface area contributed by atoms with E-state index in [1.165, 1.54) is 0 Å². The van der Waals surface area contributed by atoms with Crippen molar-refractivity contribution in [3.63, 3.8) is 0 Å². The van der Waals surface area contributed by atoms with Gasteiger partial charge in [0, 0.05) is 30.1 Å². The monoisotopic (exact) mass is 494 g/mol. The smallest absolute Gasteiger partial charge is 0.151 e. The molecule has 0 bridgehead atoms. The van der Waals surface area contributed by atoms with Gasteiger partial charge in [-0.1, -0.05) is 54.6 Å². The van der Waals surface area contributed by atoms with Crippen molar-refractivity contribution >= 4 is 17.2 Å². The van der Waals surface area contributed by atoms with Gasteiger partial charge in [0.2, 0.25) is 0 Å². The summed E-state index contributed by atoms with van der Waals surface area (Å²) in [5.74, 6) is 3.72. The summed E-state index contributed by atoms with van der Waals surface area (Å²) in [5.41, 5.74) is 4.87. The van der Waals surface area contributed by atoms with Crippen LogP contribution in [0.2, 0.25) is 0 Å². The Morgan fingerprint density at radius 2 is 1.45 bits per heavy atom. The quantitative estimate of drug-likeness (QED) is 0.241. The molecule has 0 spiro atoms. The van der Waals surface area contributed by atoms with Gasteiger partial charge in [-0.2, -0.15) is 5.10 Å². The molecule has 3 heterocycles. The second kappa shape index (κ2) is 9.26. The zero-order chi connectivity index (χ0) is 25.3. The zero-order valence-corrected chi connectivity index (χ0v) is 20.3. The average molecular weight is 495 g/mol. The van der Waals surface area contributed by atoms with Gasteiger partial charge in [0.25, 0.3) is 0 Å². The molecule has 7 rings (SSSR count). The molecule has 1 aliphatic heterocycles. The third kappa shape index (κ3) is 4.04. The Labute approximate surface area is 220 Å². The number of para-hydroxylation sites is 2. The standard InChI is InChI=1S/C32H22N4O2/c1-2-9-23(10-3-1)24-21-34-35(22-24)25-11-8-12-26(19-25)37-27-16-17-31-29(20-27)36(32-15-6-7-18-33-32)28-13-4-5-14-30(28)38-31/h1-22H. The number of hydrogen-bond donors (Lipinski definition) is 0. The van der Waals surface area contributed by atoms with E-state index in [0.29, 0.717) is 11.5 Å². The summed E-state index contributed by atoms with van der Waals surface area (Å²) >= 11 is 0. The van der Waals surface area contributed by atoms with Crippen LogP contribution in [0.25, 0.3) is 16.8 Å². The van der Waals surface area contributed by atoms with Gasteiger partial charge in [-0.3, -0.25) is 4.90 Å². The van der Waals surface area contributed by atoms with E-state index >= 15 is 0 Å². The third-order valence-electron chi connectivity index (χ3n) is 6.38. The number of rotatable bonds is 5. The molecule has 1 aliphatic rings. The summed E-state index contributed by atoms with van der Waals surface area (Å²) < 4.78 is 14.4. The molecule has 6 nitrogen and oxygen atoms in total. The Kier molecular flexibility index (Phi) is 5.33. The third-order valence-corrected chi connectivity index (χ3v) is 6.38. The van der Waals surface area contributed by atoms with Crippen molar-refractivity contribution in [2.75, 3.05) is 4.90 Å². The predicted octanol–water partition coefficient (Wildman–Crippen LogP) is 8.30. The Bertz CT molecular complexity index is 1730. The van der Waals surface area contributed by atoms with Crippen molar-refractivity contribution < 1.29 is 9.47 Å². The fourth-order valence-electron chi connectivity index (χ4n) is 4.60. The topological polar surface area (TPSA) is 52.4 Å². The molecule has 0 fully saturated rings. The molecule has 2 aromatic heterocycles. The first kappa shape index (κ1) is 21.9. The molecule has 4 aromatic carbocycles. The summed E-state index contributed by atoms with van der Waals surface area (Å²) in [7, 11) is 0. The first-order valence-corrected chi connectivity index (χ1v) is 12.3. The maximum atomic E-state index is 6.33. The number of fused-ring (bicyclic) bond motifs is 2. The van der Waals surface area contributed by atoms with Crippen molar-refractivity contribution in [2.45, 2.75) is 0 Å². The molecule has 0 radical (unpaired) electrons. The van der Waals surface area contributed by atoms with Gasteiger partial charge in [-0.15, -0.1) is 0 Å². The lowest BCUT2D eigenvalue weighted by molar-refractivity contribution is 0.465. The lowest BCUT2D eigenvalue weighted by Crippen LogP contribution is -2.16. The van der Waals surface area contributed by atoms with Crippen LogP contribution in [-0.4, -0.2) is 14.8 Å². The molecular formula is C32H22N4O2. The fraction of sp³-hybridized carbons (Fsp3) is 0. The van der Waals surface area contributed by atoms with E-state index < -0.39 is 0 Å². The van der Waals surface area contributed by atoms with Crippen molar-refractivity contribution in [3.8, 4) is 39.8 Å². The summed E-state index contributed by atoms with van der Waals surface area (Å²) in [4.78, 5) is 6.69. The Balaban J connectivity index is 1.21. The average Bonchev–Trinajstić information content (AvgIpc) is 3.48. The molecule has 0 saturated carbocycles. The second-order valence-electron chi connectivity index (χ2n) is 8.86. The van der Waals surface area contributed by atoms with E-state index in [2.05, 4.69) is 27.1 Å². The Morgan fingerprint density at radius 1 is 0.632 bits per heavy atom. The summed E-state index contributed by atoms with van der Waals surface area (Å²) in [6.07, 6.45) is 5.68. The molecule has 6 heteroatoms. The van der Waals surface area contributed by atoms with Gasteiger partial charge >= 0.3 is 0 Å². The molecule has 0 saturated heterocycles. The van der Waals surface area contributed by atoms with E-state index in [1.807, 2.05) is 120 Å². The molecule has 0 amide bonds. The molecular weight excluding hydrogens is 472 g/mol. The Hall–Kier alpha value is -5.36. The van der Waals surface area contributed by atoms with Gasteiger partial charge in [-0.25, -0.2) is 9.67 Å². The largest absolute Gasteiger partial charge is 0.457 e. The van der Waals surface area contributed by atoms with Crippen molar-refractivity contribution in [1.82, 2.24) is 14.8 Å². The second-order valence-corrected chi connectivity index (χ2v) is 8.86. The number of nitrogens with zero attached hydrogens (tertiary/aromatic N) is 4. The highest BCUT2D eigenvalue weighted by atomic mass is 16.5. The normalized spacial score (nSPS) is 11.8. The number of aromatic nitrogens is 3. The van der Waals surface area contributed by atoms with Crippen LogP contribution in [0.4, 0.5) is 17.2 Å². The van der Waals surface area contributed by atoms with Crippen LogP contribution < -0.4 is 14.4 Å². The number of pyridine rings is 1. The van der Waals surface area contributed by atoms with Gasteiger partial charge in [0.1, 0.15) is 17.3 Å². The van der Waals surface area contributed by atoms with Crippen LogP contribution in [0, 0.1) is 0 Å². The van der Waals surface area contributed by atoms with Gasteiger partial charge in [0.05, 0.1) is 23.3 Å². The highest BCUT2D eigenvalue weighted by Gasteiger charge is 2.27. The molecule has 0 unspecified atom stereocenters. The van der Waals surface area contributed by atoms with Crippen LogP contribution in [0.1, 0.15) is 0 Å². The minimum absolute atomic E-state index is 0.690.